The molecule has 2 amide bonds. The van der Waals surface area contributed by atoms with E-state index in [0.29, 0.717) is 24.9 Å². The molecule has 2 N–H and O–H groups in total. The molecule has 13 heteroatoms. The van der Waals surface area contributed by atoms with E-state index in [4.69, 9.17) is 23.2 Å². The first-order valence-electron chi connectivity index (χ1n) is 10.7. The normalized spacial score (nSPS) is 11.2. The zero-order chi connectivity index (χ0) is 26.2. The number of anilines is 1. The Labute approximate surface area is 215 Å². The number of hydrogen-bond acceptors (Lipinski definition) is 6. The summed E-state index contributed by atoms with van der Waals surface area (Å²) in [6.45, 7) is 1.98. The third kappa shape index (κ3) is 6.55. The molecule has 0 saturated carbocycles. The van der Waals surface area contributed by atoms with Gasteiger partial charge in [-0.15, -0.1) is 0 Å². The Bertz CT molecular complexity index is 1280. The van der Waals surface area contributed by atoms with Crippen molar-refractivity contribution in [1.29, 1.82) is 0 Å². The molecule has 0 aliphatic carbocycles. The fourth-order valence-electron chi connectivity index (χ4n) is 3.25. The summed E-state index contributed by atoms with van der Waals surface area (Å²) in [5, 5.41) is 13.2. The number of carbonyl (C=O) groups excluding carboxylic acids is 2. The first-order valence-corrected chi connectivity index (χ1v) is 11.4. The largest absolute Gasteiger partial charge is 0.399 e. The number of alkyl halides is 2. The molecule has 2 aromatic heterocycles. The van der Waals surface area contributed by atoms with Gasteiger partial charge in [-0.2, -0.15) is 5.10 Å². The van der Waals surface area contributed by atoms with Crippen molar-refractivity contribution in [2.24, 2.45) is 5.16 Å². The first kappa shape index (κ1) is 27.0. The summed E-state index contributed by atoms with van der Waals surface area (Å²) in [6, 6.07) is 6.95. The Morgan fingerprint density at radius 2 is 2.03 bits per heavy atom. The number of halogens is 4. The zero-order valence-corrected chi connectivity index (χ0v) is 20.8. The topological polar surface area (TPSA) is 110 Å². The van der Waals surface area contributed by atoms with Gasteiger partial charge in [0.25, 0.3) is 18.2 Å². The van der Waals surface area contributed by atoms with Crippen LogP contribution in [0.4, 0.5) is 14.5 Å². The molecule has 0 radical (unpaired) electrons. The third-order valence-electron chi connectivity index (χ3n) is 4.88. The molecule has 0 spiro atoms. The molecule has 190 valence electrons. The van der Waals surface area contributed by atoms with Crippen LogP contribution in [0.25, 0.3) is 5.82 Å². The maximum Gasteiger partial charge on any atom is 0.282 e. The summed E-state index contributed by atoms with van der Waals surface area (Å²) in [4.78, 5) is 34.8. The van der Waals surface area contributed by atoms with Gasteiger partial charge in [-0.05, 0) is 55.7 Å². The molecule has 0 aliphatic heterocycles. The fraction of sp³-hybridized carbons (Fsp3) is 0.261. The van der Waals surface area contributed by atoms with E-state index in [2.05, 4.69) is 30.7 Å². The summed E-state index contributed by atoms with van der Waals surface area (Å²) >= 11 is 12.3. The summed E-state index contributed by atoms with van der Waals surface area (Å²) in [6.07, 6.45) is 1.21. The number of benzene rings is 1. The SMILES string of the molecule is CO/N=C/CCCNC(=O)c1cc(Cl)cc(C)c1NC(=O)c1cc(C(F)F)nn1-c1ncccc1Cl. The van der Waals surface area contributed by atoms with Crippen LogP contribution in [0.3, 0.4) is 0 Å². The summed E-state index contributed by atoms with van der Waals surface area (Å²) in [5.74, 6) is -1.28. The van der Waals surface area contributed by atoms with Crippen LogP contribution in [0.1, 0.15) is 51.4 Å². The number of pyridine rings is 1. The lowest BCUT2D eigenvalue weighted by Crippen LogP contribution is -2.27. The lowest BCUT2D eigenvalue weighted by atomic mass is 10.1. The number of hydrogen-bond donors (Lipinski definition) is 2. The lowest BCUT2D eigenvalue weighted by Gasteiger charge is -2.15. The predicted molar refractivity (Wildman–Crippen MR) is 133 cm³/mol. The van der Waals surface area contributed by atoms with E-state index < -0.39 is 23.9 Å². The smallest absolute Gasteiger partial charge is 0.282 e. The van der Waals surface area contributed by atoms with Crippen LogP contribution in [0.5, 0.6) is 0 Å². The van der Waals surface area contributed by atoms with Crippen molar-refractivity contribution < 1.29 is 23.2 Å². The van der Waals surface area contributed by atoms with Gasteiger partial charge in [0.2, 0.25) is 0 Å². The van der Waals surface area contributed by atoms with Crippen molar-refractivity contribution in [2.45, 2.75) is 26.2 Å². The Kier molecular flexibility index (Phi) is 9.31. The zero-order valence-electron chi connectivity index (χ0n) is 19.3. The van der Waals surface area contributed by atoms with Crippen molar-refractivity contribution in [2.75, 3.05) is 19.0 Å². The quantitative estimate of drug-likeness (QED) is 0.209. The van der Waals surface area contributed by atoms with Crippen LogP contribution in [0.2, 0.25) is 10.0 Å². The third-order valence-corrected chi connectivity index (χ3v) is 5.40. The van der Waals surface area contributed by atoms with Gasteiger partial charge in [-0.25, -0.2) is 18.4 Å². The number of unbranched alkanes of at least 4 members (excludes halogenated alkanes) is 1. The van der Waals surface area contributed by atoms with Gasteiger partial charge in [0.1, 0.15) is 18.5 Å². The Hall–Kier alpha value is -3.57. The molecule has 0 aliphatic rings. The summed E-state index contributed by atoms with van der Waals surface area (Å²) < 4.78 is 27.8. The van der Waals surface area contributed by atoms with Crippen molar-refractivity contribution in [3.05, 3.63) is 69.1 Å². The van der Waals surface area contributed by atoms with Gasteiger partial charge < -0.3 is 15.5 Å². The lowest BCUT2D eigenvalue weighted by molar-refractivity contribution is 0.0954. The highest BCUT2D eigenvalue weighted by atomic mass is 35.5. The van der Waals surface area contributed by atoms with E-state index >= 15 is 0 Å². The van der Waals surface area contributed by atoms with Gasteiger partial charge in [-0.1, -0.05) is 28.4 Å². The Morgan fingerprint density at radius 3 is 2.72 bits per heavy atom. The van der Waals surface area contributed by atoms with Gasteiger partial charge in [-0.3, -0.25) is 9.59 Å². The van der Waals surface area contributed by atoms with Crippen molar-refractivity contribution in [3.63, 3.8) is 0 Å². The molecule has 0 atom stereocenters. The number of rotatable bonds is 10. The number of carbonyl (C=O) groups is 2. The van der Waals surface area contributed by atoms with E-state index in [-0.39, 0.29) is 32.8 Å². The molecule has 3 rings (SSSR count). The van der Waals surface area contributed by atoms with Crippen LogP contribution in [-0.2, 0) is 4.84 Å². The number of aromatic nitrogens is 3. The summed E-state index contributed by atoms with van der Waals surface area (Å²) in [5.41, 5.74) is -0.116. The molecule has 0 fully saturated rings. The summed E-state index contributed by atoms with van der Waals surface area (Å²) in [7, 11) is 1.43. The highest BCUT2D eigenvalue weighted by Gasteiger charge is 2.25. The standard InChI is InChI=1S/C23H22Cl2F2N6O3/c1-13-10-14(24)11-15(22(34)29-7-3-4-9-30-36-2)19(13)31-23(35)18-12-17(20(26)27)32-33(18)21-16(25)6-5-8-28-21/h5-6,8-12,20H,3-4,7H2,1-2H3,(H,29,34)(H,31,35)/b30-9+. The molecule has 36 heavy (non-hydrogen) atoms. The minimum Gasteiger partial charge on any atom is -0.399 e. The fourth-order valence-corrected chi connectivity index (χ4v) is 3.72. The highest BCUT2D eigenvalue weighted by molar-refractivity contribution is 6.32. The highest BCUT2D eigenvalue weighted by Crippen LogP contribution is 2.28. The number of nitrogens with zero attached hydrogens (tertiary/aromatic N) is 4. The molecule has 0 unspecified atom stereocenters. The maximum absolute atomic E-state index is 13.4. The predicted octanol–water partition coefficient (Wildman–Crippen LogP) is 5.21. The van der Waals surface area contributed by atoms with Crippen molar-refractivity contribution in [1.82, 2.24) is 20.1 Å². The average Bonchev–Trinajstić information content (AvgIpc) is 3.28. The molecule has 2 heterocycles. The van der Waals surface area contributed by atoms with Crippen LogP contribution >= 0.6 is 23.2 Å². The Balaban J connectivity index is 1.90. The number of amides is 2. The van der Waals surface area contributed by atoms with Gasteiger partial charge in [0.05, 0.1) is 16.3 Å². The van der Waals surface area contributed by atoms with E-state index in [9.17, 15) is 18.4 Å². The molecule has 0 bridgehead atoms. The number of oxime groups is 1. The van der Waals surface area contributed by atoms with Crippen LogP contribution in [-0.4, -0.2) is 46.4 Å². The molecular formula is C23H22Cl2F2N6O3. The maximum atomic E-state index is 13.4. The van der Waals surface area contributed by atoms with Crippen molar-refractivity contribution in [3.8, 4) is 5.82 Å². The monoisotopic (exact) mass is 538 g/mol. The molecule has 0 saturated heterocycles. The van der Waals surface area contributed by atoms with Gasteiger partial charge >= 0.3 is 0 Å². The van der Waals surface area contributed by atoms with Gasteiger partial charge in [0, 0.05) is 24.0 Å². The minimum atomic E-state index is -2.94. The number of nitrogens with one attached hydrogen (secondary N) is 2. The van der Waals surface area contributed by atoms with E-state index in [1.54, 1.807) is 25.3 Å². The number of aryl methyl sites for hydroxylation is 1. The first-order chi connectivity index (χ1) is 17.2. The van der Waals surface area contributed by atoms with Gasteiger partial charge in [0.15, 0.2) is 5.82 Å². The second-order valence-electron chi connectivity index (χ2n) is 7.44. The average molecular weight is 539 g/mol. The second-order valence-corrected chi connectivity index (χ2v) is 8.29. The van der Waals surface area contributed by atoms with E-state index in [0.717, 1.165) is 10.7 Å². The van der Waals surface area contributed by atoms with E-state index in [1.165, 1.54) is 25.4 Å². The molecule has 9 nitrogen and oxygen atoms in total. The Morgan fingerprint density at radius 1 is 1.25 bits per heavy atom. The van der Waals surface area contributed by atoms with Crippen LogP contribution < -0.4 is 10.6 Å². The van der Waals surface area contributed by atoms with Crippen molar-refractivity contribution >= 4 is 46.9 Å². The van der Waals surface area contributed by atoms with Crippen LogP contribution in [0.15, 0.2) is 41.7 Å². The van der Waals surface area contributed by atoms with Crippen LogP contribution in [0, 0.1) is 6.92 Å². The molecular weight excluding hydrogens is 517 g/mol. The molecule has 3 aromatic rings. The second kappa shape index (κ2) is 12.4. The minimum absolute atomic E-state index is 0.000904. The molecule has 1 aromatic carbocycles. The van der Waals surface area contributed by atoms with E-state index in [1.807, 2.05) is 0 Å².